The standard InChI is InChI=1S/C16H25FN2/c1-11-8-13(10-14(17)9-11)15(19-18)12-4-6-16(2,3)7-5-12/h8-10,12,15,19H,4-7,18H2,1-3H3. The Labute approximate surface area is 115 Å². The lowest BCUT2D eigenvalue weighted by atomic mass is 9.70. The van der Waals surface area contributed by atoms with Crippen molar-refractivity contribution < 1.29 is 4.39 Å². The van der Waals surface area contributed by atoms with Crippen molar-refractivity contribution in [1.29, 1.82) is 0 Å². The number of nitrogens with two attached hydrogens (primary N) is 1. The summed E-state index contributed by atoms with van der Waals surface area (Å²) in [5, 5.41) is 0. The zero-order valence-corrected chi connectivity index (χ0v) is 12.2. The van der Waals surface area contributed by atoms with E-state index in [9.17, 15) is 4.39 Å². The Bertz CT molecular complexity index is 412. The quantitative estimate of drug-likeness (QED) is 0.642. The highest BCUT2D eigenvalue weighted by atomic mass is 19.1. The molecule has 1 atom stereocenters. The van der Waals surface area contributed by atoms with Crippen LogP contribution in [0, 0.1) is 24.1 Å². The fraction of sp³-hybridized carbons (Fsp3) is 0.625. The predicted molar refractivity (Wildman–Crippen MR) is 76.9 cm³/mol. The fourth-order valence-corrected chi connectivity index (χ4v) is 3.20. The highest BCUT2D eigenvalue weighted by molar-refractivity contribution is 5.26. The fourth-order valence-electron chi connectivity index (χ4n) is 3.20. The Morgan fingerprint density at radius 2 is 1.89 bits per heavy atom. The first-order valence-electron chi connectivity index (χ1n) is 7.14. The summed E-state index contributed by atoms with van der Waals surface area (Å²) in [4.78, 5) is 0. The molecule has 0 aliphatic heterocycles. The van der Waals surface area contributed by atoms with E-state index in [0.717, 1.165) is 24.0 Å². The van der Waals surface area contributed by atoms with Crippen LogP contribution in [0.3, 0.4) is 0 Å². The number of hydrogen-bond acceptors (Lipinski definition) is 2. The van der Waals surface area contributed by atoms with Gasteiger partial charge in [0, 0.05) is 6.04 Å². The van der Waals surface area contributed by atoms with Gasteiger partial charge < -0.3 is 0 Å². The van der Waals surface area contributed by atoms with E-state index in [2.05, 4.69) is 19.3 Å². The molecule has 106 valence electrons. The summed E-state index contributed by atoms with van der Waals surface area (Å²) in [7, 11) is 0. The van der Waals surface area contributed by atoms with Crippen molar-refractivity contribution in [2.45, 2.75) is 52.5 Å². The minimum absolute atomic E-state index is 0.0606. The lowest BCUT2D eigenvalue weighted by Gasteiger charge is -2.38. The lowest BCUT2D eigenvalue weighted by molar-refractivity contribution is 0.161. The molecule has 3 N–H and O–H groups in total. The molecule has 0 aromatic heterocycles. The molecule has 1 aliphatic carbocycles. The predicted octanol–water partition coefficient (Wildman–Crippen LogP) is 3.85. The molecule has 0 spiro atoms. The van der Waals surface area contributed by atoms with Gasteiger partial charge in [-0.1, -0.05) is 19.9 Å². The van der Waals surface area contributed by atoms with E-state index in [-0.39, 0.29) is 11.9 Å². The number of rotatable bonds is 3. The summed E-state index contributed by atoms with van der Waals surface area (Å²) in [6, 6.07) is 5.26. The third-order valence-corrected chi connectivity index (χ3v) is 4.46. The molecular weight excluding hydrogens is 239 g/mol. The molecule has 1 aromatic carbocycles. The molecule has 0 saturated heterocycles. The second kappa shape index (κ2) is 5.59. The van der Waals surface area contributed by atoms with Crippen molar-refractivity contribution in [3.05, 3.63) is 35.1 Å². The molecule has 0 heterocycles. The van der Waals surface area contributed by atoms with Gasteiger partial charge in [-0.25, -0.2) is 4.39 Å². The summed E-state index contributed by atoms with van der Waals surface area (Å²) in [5.41, 5.74) is 5.27. The Balaban J connectivity index is 2.16. The van der Waals surface area contributed by atoms with Gasteiger partial charge in [-0.15, -0.1) is 0 Å². The van der Waals surface area contributed by atoms with Crippen molar-refractivity contribution in [2.75, 3.05) is 0 Å². The van der Waals surface area contributed by atoms with Crippen LogP contribution in [-0.4, -0.2) is 0 Å². The average molecular weight is 264 g/mol. The Hall–Kier alpha value is -0.930. The SMILES string of the molecule is Cc1cc(F)cc(C(NN)C2CCC(C)(C)CC2)c1. The van der Waals surface area contributed by atoms with Gasteiger partial charge in [0.1, 0.15) is 5.82 Å². The smallest absolute Gasteiger partial charge is 0.123 e. The number of hydrogen-bond donors (Lipinski definition) is 2. The van der Waals surface area contributed by atoms with Gasteiger partial charge in [-0.05, 0) is 67.2 Å². The molecule has 0 amide bonds. The van der Waals surface area contributed by atoms with Crippen LogP contribution < -0.4 is 11.3 Å². The third-order valence-electron chi connectivity index (χ3n) is 4.46. The van der Waals surface area contributed by atoms with Crippen LogP contribution in [0.15, 0.2) is 18.2 Å². The summed E-state index contributed by atoms with van der Waals surface area (Å²) < 4.78 is 13.5. The maximum Gasteiger partial charge on any atom is 0.123 e. The van der Waals surface area contributed by atoms with Crippen LogP contribution in [0.25, 0.3) is 0 Å². The van der Waals surface area contributed by atoms with Crippen LogP contribution in [0.4, 0.5) is 4.39 Å². The summed E-state index contributed by atoms with van der Waals surface area (Å²) in [6.07, 6.45) is 4.73. The van der Waals surface area contributed by atoms with Crippen molar-refractivity contribution in [2.24, 2.45) is 17.2 Å². The molecule has 2 rings (SSSR count). The van der Waals surface area contributed by atoms with E-state index in [1.54, 1.807) is 12.1 Å². The highest BCUT2D eigenvalue weighted by Crippen LogP contribution is 2.42. The molecule has 1 aliphatic rings. The maximum atomic E-state index is 13.5. The summed E-state index contributed by atoms with van der Waals surface area (Å²) in [6.45, 7) is 6.56. The second-order valence-corrected chi connectivity index (χ2v) is 6.71. The Kier molecular flexibility index (Phi) is 4.26. The van der Waals surface area contributed by atoms with Crippen molar-refractivity contribution in [1.82, 2.24) is 5.43 Å². The van der Waals surface area contributed by atoms with Crippen LogP contribution in [0.1, 0.15) is 56.7 Å². The molecule has 1 fully saturated rings. The topological polar surface area (TPSA) is 38.0 Å². The molecule has 3 heteroatoms. The van der Waals surface area contributed by atoms with Crippen molar-refractivity contribution >= 4 is 0 Å². The minimum Gasteiger partial charge on any atom is -0.271 e. The zero-order valence-electron chi connectivity index (χ0n) is 12.2. The van der Waals surface area contributed by atoms with E-state index in [1.807, 2.05) is 13.0 Å². The average Bonchev–Trinajstić information content (AvgIpc) is 2.31. The first kappa shape index (κ1) is 14.5. The zero-order chi connectivity index (χ0) is 14.0. The van der Waals surface area contributed by atoms with E-state index >= 15 is 0 Å². The van der Waals surface area contributed by atoms with Crippen LogP contribution in [0.2, 0.25) is 0 Å². The van der Waals surface area contributed by atoms with E-state index < -0.39 is 0 Å². The maximum absolute atomic E-state index is 13.5. The van der Waals surface area contributed by atoms with Crippen LogP contribution in [-0.2, 0) is 0 Å². The van der Waals surface area contributed by atoms with E-state index in [4.69, 9.17) is 5.84 Å². The monoisotopic (exact) mass is 264 g/mol. The second-order valence-electron chi connectivity index (χ2n) is 6.71. The van der Waals surface area contributed by atoms with Gasteiger partial charge in [0.2, 0.25) is 0 Å². The van der Waals surface area contributed by atoms with Crippen LogP contribution >= 0.6 is 0 Å². The lowest BCUT2D eigenvalue weighted by Crippen LogP contribution is -2.36. The van der Waals surface area contributed by atoms with E-state index in [1.165, 1.54) is 12.8 Å². The molecule has 1 unspecified atom stereocenters. The number of aryl methyl sites for hydroxylation is 1. The molecule has 19 heavy (non-hydrogen) atoms. The van der Waals surface area contributed by atoms with Gasteiger partial charge in [-0.3, -0.25) is 11.3 Å². The molecule has 1 aromatic rings. The Morgan fingerprint density at radius 3 is 2.42 bits per heavy atom. The van der Waals surface area contributed by atoms with Gasteiger partial charge in [0.05, 0.1) is 0 Å². The first-order chi connectivity index (χ1) is 8.91. The van der Waals surface area contributed by atoms with Gasteiger partial charge >= 0.3 is 0 Å². The Morgan fingerprint density at radius 1 is 1.26 bits per heavy atom. The minimum atomic E-state index is -0.175. The molecule has 0 radical (unpaired) electrons. The van der Waals surface area contributed by atoms with E-state index in [0.29, 0.717) is 11.3 Å². The number of nitrogens with one attached hydrogen (secondary N) is 1. The first-order valence-corrected chi connectivity index (χ1v) is 7.14. The van der Waals surface area contributed by atoms with Crippen molar-refractivity contribution in [3.63, 3.8) is 0 Å². The molecular formula is C16H25FN2. The number of hydrazine groups is 1. The molecule has 2 nitrogen and oxygen atoms in total. The summed E-state index contributed by atoms with van der Waals surface area (Å²) >= 11 is 0. The number of halogens is 1. The van der Waals surface area contributed by atoms with Crippen LogP contribution in [0.5, 0.6) is 0 Å². The normalized spacial score (nSPS) is 21.3. The van der Waals surface area contributed by atoms with Gasteiger partial charge in [0.25, 0.3) is 0 Å². The molecule has 1 saturated carbocycles. The van der Waals surface area contributed by atoms with Gasteiger partial charge in [0.15, 0.2) is 0 Å². The number of benzene rings is 1. The van der Waals surface area contributed by atoms with Gasteiger partial charge in [-0.2, -0.15) is 0 Å². The summed E-state index contributed by atoms with van der Waals surface area (Å²) in [5.74, 6) is 6.06. The highest BCUT2D eigenvalue weighted by Gasteiger charge is 2.31. The largest absolute Gasteiger partial charge is 0.271 e. The van der Waals surface area contributed by atoms with Crippen molar-refractivity contribution in [3.8, 4) is 0 Å². The third kappa shape index (κ3) is 3.54. The molecule has 0 bridgehead atoms.